The van der Waals surface area contributed by atoms with Crippen molar-refractivity contribution in [1.82, 2.24) is 5.43 Å². The number of hydrazine groups is 1. The Labute approximate surface area is 113 Å². The van der Waals surface area contributed by atoms with Gasteiger partial charge in [-0.2, -0.15) is 0 Å². The van der Waals surface area contributed by atoms with Crippen LogP contribution in [0.15, 0.2) is 42.5 Å². The SMILES string of the molecule is Cc1cccc(C(NN)c2ccc(Cl)c(C)c2)c1. The zero-order valence-corrected chi connectivity index (χ0v) is 11.3. The number of hydrogen-bond donors (Lipinski definition) is 2. The van der Waals surface area contributed by atoms with Gasteiger partial charge >= 0.3 is 0 Å². The van der Waals surface area contributed by atoms with Crippen LogP contribution in [0.3, 0.4) is 0 Å². The minimum Gasteiger partial charge on any atom is -0.271 e. The quantitative estimate of drug-likeness (QED) is 0.655. The van der Waals surface area contributed by atoms with Crippen LogP contribution in [-0.4, -0.2) is 0 Å². The Bertz CT molecular complexity index is 552. The number of benzene rings is 2. The molecule has 3 N–H and O–H groups in total. The molecule has 0 fully saturated rings. The number of hydrogen-bond acceptors (Lipinski definition) is 2. The number of halogens is 1. The van der Waals surface area contributed by atoms with Gasteiger partial charge in [-0.15, -0.1) is 0 Å². The van der Waals surface area contributed by atoms with Gasteiger partial charge in [-0.05, 0) is 36.6 Å². The molecule has 2 aromatic carbocycles. The first-order valence-corrected chi connectivity index (χ1v) is 6.28. The monoisotopic (exact) mass is 260 g/mol. The molecule has 0 saturated heterocycles. The molecule has 2 nitrogen and oxygen atoms in total. The van der Waals surface area contributed by atoms with E-state index in [1.807, 2.05) is 25.1 Å². The van der Waals surface area contributed by atoms with Crippen molar-refractivity contribution in [1.29, 1.82) is 0 Å². The van der Waals surface area contributed by atoms with Gasteiger partial charge in [0.05, 0.1) is 6.04 Å². The van der Waals surface area contributed by atoms with Gasteiger partial charge in [0.1, 0.15) is 0 Å². The van der Waals surface area contributed by atoms with Crippen LogP contribution in [0.5, 0.6) is 0 Å². The Morgan fingerprint density at radius 3 is 2.39 bits per heavy atom. The molecule has 0 aliphatic rings. The lowest BCUT2D eigenvalue weighted by atomic mass is 9.97. The average Bonchev–Trinajstić information content (AvgIpc) is 2.35. The maximum atomic E-state index is 6.05. The van der Waals surface area contributed by atoms with Gasteiger partial charge in [0, 0.05) is 5.02 Å². The predicted octanol–water partition coefficient (Wildman–Crippen LogP) is 3.51. The molecule has 94 valence electrons. The normalized spacial score (nSPS) is 12.4. The highest BCUT2D eigenvalue weighted by atomic mass is 35.5. The summed E-state index contributed by atoms with van der Waals surface area (Å²) in [5.41, 5.74) is 7.41. The standard InChI is InChI=1S/C15H17ClN2/c1-10-4-3-5-12(8-10)15(18-17)13-6-7-14(16)11(2)9-13/h3-9,15,18H,17H2,1-2H3. The Morgan fingerprint density at radius 2 is 1.78 bits per heavy atom. The lowest BCUT2D eigenvalue weighted by Gasteiger charge is -2.18. The van der Waals surface area contributed by atoms with Gasteiger partial charge < -0.3 is 0 Å². The second kappa shape index (κ2) is 5.53. The van der Waals surface area contributed by atoms with E-state index in [2.05, 4.69) is 36.6 Å². The van der Waals surface area contributed by atoms with Gasteiger partial charge in [-0.1, -0.05) is 53.6 Å². The van der Waals surface area contributed by atoms with E-state index in [4.69, 9.17) is 17.4 Å². The molecule has 0 radical (unpaired) electrons. The minimum absolute atomic E-state index is 0.0131. The number of nitrogens with two attached hydrogens (primary N) is 1. The van der Waals surface area contributed by atoms with Crippen molar-refractivity contribution in [3.63, 3.8) is 0 Å². The minimum atomic E-state index is -0.0131. The topological polar surface area (TPSA) is 38.0 Å². The predicted molar refractivity (Wildman–Crippen MR) is 76.5 cm³/mol. The molecule has 0 aliphatic carbocycles. The molecule has 0 heterocycles. The first kappa shape index (κ1) is 13.1. The van der Waals surface area contributed by atoms with Crippen LogP contribution in [0.2, 0.25) is 5.02 Å². The highest BCUT2D eigenvalue weighted by Gasteiger charge is 2.13. The van der Waals surface area contributed by atoms with E-state index >= 15 is 0 Å². The summed E-state index contributed by atoms with van der Waals surface area (Å²) in [5.74, 6) is 5.69. The van der Waals surface area contributed by atoms with Crippen molar-refractivity contribution >= 4 is 11.6 Å². The molecule has 0 aromatic heterocycles. The van der Waals surface area contributed by atoms with E-state index < -0.39 is 0 Å². The van der Waals surface area contributed by atoms with E-state index in [-0.39, 0.29) is 6.04 Å². The van der Waals surface area contributed by atoms with Crippen LogP contribution < -0.4 is 11.3 Å². The molecule has 18 heavy (non-hydrogen) atoms. The Hall–Kier alpha value is -1.35. The second-order valence-electron chi connectivity index (χ2n) is 4.52. The lowest BCUT2D eigenvalue weighted by Crippen LogP contribution is -2.28. The lowest BCUT2D eigenvalue weighted by molar-refractivity contribution is 0.636. The third kappa shape index (κ3) is 2.72. The summed E-state index contributed by atoms with van der Waals surface area (Å²) in [4.78, 5) is 0. The fourth-order valence-corrected chi connectivity index (χ4v) is 2.20. The summed E-state index contributed by atoms with van der Waals surface area (Å²) in [6.07, 6.45) is 0. The number of aryl methyl sites for hydroxylation is 2. The molecule has 1 unspecified atom stereocenters. The fourth-order valence-electron chi connectivity index (χ4n) is 2.08. The third-order valence-corrected chi connectivity index (χ3v) is 3.48. The molecule has 0 saturated carbocycles. The van der Waals surface area contributed by atoms with Gasteiger partial charge in [-0.3, -0.25) is 5.84 Å². The van der Waals surface area contributed by atoms with Crippen LogP contribution in [0.25, 0.3) is 0 Å². The van der Waals surface area contributed by atoms with Crippen molar-refractivity contribution in [2.24, 2.45) is 5.84 Å². The van der Waals surface area contributed by atoms with Gasteiger partial charge in [0.15, 0.2) is 0 Å². The molecule has 0 bridgehead atoms. The van der Waals surface area contributed by atoms with Crippen LogP contribution in [0, 0.1) is 13.8 Å². The maximum Gasteiger partial charge on any atom is 0.0710 e. The Kier molecular flexibility index (Phi) is 4.02. The Morgan fingerprint density at radius 1 is 1.06 bits per heavy atom. The summed E-state index contributed by atoms with van der Waals surface area (Å²) >= 11 is 6.05. The number of nitrogens with one attached hydrogen (secondary N) is 1. The molecule has 1 atom stereocenters. The van der Waals surface area contributed by atoms with Crippen LogP contribution in [0.1, 0.15) is 28.3 Å². The van der Waals surface area contributed by atoms with Crippen molar-refractivity contribution in [2.45, 2.75) is 19.9 Å². The summed E-state index contributed by atoms with van der Waals surface area (Å²) < 4.78 is 0. The fraction of sp³-hybridized carbons (Fsp3) is 0.200. The van der Waals surface area contributed by atoms with Crippen LogP contribution in [0.4, 0.5) is 0 Å². The maximum absolute atomic E-state index is 6.05. The smallest absolute Gasteiger partial charge is 0.0710 e. The zero-order chi connectivity index (χ0) is 13.1. The molecule has 0 amide bonds. The molecular formula is C15H17ClN2. The first-order valence-electron chi connectivity index (χ1n) is 5.90. The summed E-state index contributed by atoms with van der Waals surface area (Å²) in [6, 6.07) is 14.3. The highest BCUT2D eigenvalue weighted by molar-refractivity contribution is 6.31. The molecule has 3 heteroatoms. The molecule has 2 rings (SSSR count). The van der Waals surface area contributed by atoms with Gasteiger partial charge in [0.25, 0.3) is 0 Å². The summed E-state index contributed by atoms with van der Waals surface area (Å²) in [5, 5.41) is 0.777. The summed E-state index contributed by atoms with van der Waals surface area (Å²) in [6.45, 7) is 4.07. The average molecular weight is 261 g/mol. The zero-order valence-electron chi connectivity index (χ0n) is 10.6. The first-order chi connectivity index (χ1) is 8.61. The Balaban J connectivity index is 2.42. The summed E-state index contributed by atoms with van der Waals surface area (Å²) in [7, 11) is 0. The van der Waals surface area contributed by atoms with Crippen molar-refractivity contribution in [3.05, 3.63) is 69.7 Å². The molecule has 2 aromatic rings. The molecular weight excluding hydrogens is 244 g/mol. The van der Waals surface area contributed by atoms with Crippen LogP contribution in [-0.2, 0) is 0 Å². The molecule has 0 aliphatic heterocycles. The van der Waals surface area contributed by atoms with E-state index in [1.54, 1.807) is 0 Å². The van der Waals surface area contributed by atoms with E-state index in [0.717, 1.165) is 21.7 Å². The third-order valence-electron chi connectivity index (χ3n) is 3.06. The number of rotatable bonds is 3. The van der Waals surface area contributed by atoms with Crippen LogP contribution >= 0.6 is 11.6 Å². The van der Waals surface area contributed by atoms with E-state index in [0.29, 0.717) is 0 Å². The second-order valence-corrected chi connectivity index (χ2v) is 4.93. The van der Waals surface area contributed by atoms with Crippen molar-refractivity contribution in [2.75, 3.05) is 0 Å². The highest BCUT2D eigenvalue weighted by Crippen LogP contribution is 2.25. The van der Waals surface area contributed by atoms with E-state index in [9.17, 15) is 0 Å². The van der Waals surface area contributed by atoms with Crippen molar-refractivity contribution in [3.8, 4) is 0 Å². The van der Waals surface area contributed by atoms with Gasteiger partial charge in [-0.25, -0.2) is 5.43 Å². The largest absolute Gasteiger partial charge is 0.271 e. The van der Waals surface area contributed by atoms with Gasteiger partial charge in [0.2, 0.25) is 0 Å². The molecule has 0 spiro atoms. The van der Waals surface area contributed by atoms with E-state index in [1.165, 1.54) is 5.56 Å². The van der Waals surface area contributed by atoms with Crippen molar-refractivity contribution < 1.29 is 0 Å².